The molecule has 1 aliphatic rings. The van der Waals surface area contributed by atoms with E-state index in [0.717, 1.165) is 12.8 Å². The molecule has 1 aromatic rings. The van der Waals surface area contributed by atoms with Crippen LogP contribution in [0.5, 0.6) is 0 Å². The third-order valence-electron chi connectivity index (χ3n) is 4.01. The second kappa shape index (κ2) is 8.64. The lowest BCUT2D eigenvalue weighted by atomic mass is 10.2. The van der Waals surface area contributed by atoms with Crippen LogP contribution in [0, 0.1) is 5.92 Å². The Morgan fingerprint density at radius 2 is 1.80 bits per heavy atom. The number of rotatable bonds is 7. The van der Waals surface area contributed by atoms with Crippen molar-refractivity contribution >= 4 is 34.1 Å². The van der Waals surface area contributed by atoms with Crippen molar-refractivity contribution in [3.05, 3.63) is 29.8 Å². The van der Waals surface area contributed by atoms with Crippen LogP contribution in [0.4, 0.5) is 0 Å². The summed E-state index contributed by atoms with van der Waals surface area (Å²) in [5.41, 5.74) is 6.28. The second-order valence-electron chi connectivity index (χ2n) is 6.28. The number of nitrogens with one attached hydrogen (secondary N) is 1. The first kappa shape index (κ1) is 21.4. The number of hydrogen-bond donors (Lipinski definition) is 2. The van der Waals surface area contributed by atoms with Gasteiger partial charge in [-0.25, -0.2) is 8.42 Å². The van der Waals surface area contributed by atoms with Gasteiger partial charge in [0.2, 0.25) is 5.91 Å². The molecule has 0 aliphatic heterocycles. The molecular weight excluding hydrogens is 366 g/mol. The van der Waals surface area contributed by atoms with E-state index in [4.69, 9.17) is 5.73 Å². The van der Waals surface area contributed by atoms with Gasteiger partial charge in [0.1, 0.15) is 5.75 Å². The Morgan fingerprint density at radius 3 is 2.28 bits per heavy atom. The number of benzene rings is 1. The summed E-state index contributed by atoms with van der Waals surface area (Å²) in [6, 6.07) is 5.52. The first-order valence-electron chi connectivity index (χ1n) is 7.77. The van der Waals surface area contributed by atoms with Crippen molar-refractivity contribution in [1.82, 2.24) is 10.2 Å². The molecule has 1 unspecified atom stereocenters. The van der Waals surface area contributed by atoms with Gasteiger partial charge in [-0.05, 0) is 43.0 Å². The Morgan fingerprint density at radius 1 is 1.24 bits per heavy atom. The van der Waals surface area contributed by atoms with Crippen LogP contribution < -0.4 is 11.1 Å². The Balaban J connectivity index is 0.00000312. The molecule has 1 fully saturated rings. The smallest absolute Gasteiger partial charge is 0.251 e. The Labute approximate surface area is 154 Å². The number of nitrogens with zero attached hydrogens (tertiary/aromatic N) is 1. The standard InChI is InChI=1S/C16H23N3O4S.ClH/c1-19(2)15(20)10-24(22,23)13-7-5-12(6-8-13)16(21)18-9-14(17)11-3-4-11;/h5-8,11,14H,3-4,9-10,17H2,1-2H3,(H,18,21);1H. The summed E-state index contributed by atoms with van der Waals surface area (Å²) in [6.45, 7) is 0.404. The fraction of sp³-hybridized carbons (Fsp3) is 0.500. The van der Waals surface area contributed by atoms with Gasteiger partial charge in [-0.1, -0.05) is 0 Å². The third-order valence-corrected chi connectivity index (χ3v) is 5.63. The molecule has 9 heteroatoms. The van der Waals surface area contributed by atoms with Crippen LogP contribution in [-0.4, -0.2) is 57.6 Å². The molecule has 140 valence electrons. The van der Waals surface area contributed by atoms with Crippen molar-refractivity contribution in [2.45, 2.75) is 23.8 Å². The molecule has 0 spiro atoms. The number of halogens is 1. The van der Waals surface area contributed by atoms with E-state index < -0.39 is 21.5 Å². The minimum absolute atomic E-state index is 0. The first-order valence-corrected chi connectivity index (χ1v) is 9.42. The number of amides is 2. The molecule has 1 atom stereocenters. The van der Waals surface area contributed by atoms with Crippen LogP contribution in [0.3, 0.4) is 0 Å². The van der Waals surface area contributed by atoms with Gasteiger partial charge in [-0.2, -0.15) is 0 Å². The highest BCUT2D eigenvalue weighted by Gasteiger charge is 2.28. The van der Waals surface area contributed by atoms with Crippen LogP contribution in [-0.2, 0) is 14.6 Å². The molecule has 7 nitrogen and oxygen atoms in total. The summed E-state index contributed by atoms with van der Waals surface area (Å²) >= 11 is 0. The summed E-state index contributed by atoms with van der Waals surface area (Å²) in [6.07, 6.45) is 2.21. The number of sulfone groups is 1. The Kier molecular flexibility index (Phi) is 7.40. The summed E-state index contributed by atoms with van der Waals surface area (Å²) in [7, 11) is -0.723. The van der Waals surface area contributed by atoms with Gasteiger partial charge in [0.05, 0.1) is 4.90 Å². The van der Waals surface area contributed by atoms with Crippen LogP contribution in [0.25, 0.3) is 0 Å². The van der Waals surface area contributed by atoms with Crippen molar-refractivity contribution in [3.8, 4) is 0 Å². The molecule has 25 heavy (non-hydrogen) atoms. The number of carbonyl (C=O) groups excluding carboxylic acids is 2. The lowest BCUT2D eigenvalue weighted by Gasteiger charge is -2.12. The number of nitrogens with two attached hydrogens (primary N) is 1. The predicted octanol–water partition coefficient (Wildman–Crippen LogP) is 0.437. The van der Waals surface area contributed by atoms with Crippen LogP contribution >= 0.6 is 12.4 Å². The zero-order valence-corrected chi connectivity index (χ0v) is 15.9. The Hall–Kier alpha value is -1.64. The fourth-order valence-corrected chi connectivity index (χ4v) is 3.49. The van der Waals surface area contributed by atoms with E-state index in [1.165, 1.54) is 43.3 Å². The molecule has 1 aromatic carbocycles. The fourth-order valence-electron chi connectivity index (χ4n) is 2.19. The molecule has 0 heterocycles. The lowest BCUT2D eigenvalue weighted by molar-refractivity contribution is -0.125. The summed E-state index contributed by atoms with van der Waals surface area (Å²) in [5.74, 6) is -0.890. The molecule has 2 rings (SSSR count). The summed E-state index contributed by atoms with van der Waals surface area (Å²) in [5, 5.41) is 2.75. The maximum absolute atomic E-state index is 12.2. The molecular formula is C16H24ClN3O4S. The van der Waals surface area contributed by atoms with Gasteiger partial charge >= 0.3 is 0 Å². The summed E-state index contributed by atoms with van der Waals surface area (Å²) < 4.78 is 24.3. The first-order chi connectivity index (χ1) is 11.2. The second-order valence-corrected chi connectivity index (χ2v) is 8.27. The largest absolute Gasteiger partial charge is 0.350 e. The third kappa shape index (κ3) is 5.98. The van der Waals surface area contributed by atoms with Gasteiger partial charge in [-0.3, -0.25) is 9.59 Å². The minimum Gasteiger partial charge on any atom is -0.350 e. The van der Waals surface area contributed by atoms with E-state index in [1.807, 2.05) is 0 Å². The number of hydrogen-bond acceptors (Lipinski definition) is 5. The number of carbonyl (C=O) groups is 2. The van der Waals surface area contributed by atoms with Gasteiger partial charge in [0.25, 0.3) is 5.91 Å². The average molecular weight is 390 g/mol. The van der Waals surface area contributed by atoms with E-state index >= 15 is 0 Å². The van der Waals surface area contributed by atoms with Gasteiger partial charge in [0.15, 0.2) is 9.84 Å². The van der Waals surface area contributed by atoms with Gasteiger partial charge < -0.3 is 16.0 Å². The minimum atomic E-state index is -3.72. The zero-order valence-electron chi connectivity index (χ0n) is 14.3. The maximum atomic E-state index is 12.2. The molecule has 3 N–H and O–H groups in total. The average Bonchev–Trinajstić information content (AvgIpc) is 3.36. The molecule has 0 bridgehead atoms. The molecule has 0 radical (unpaired) electrons. The normalized spacial score (nSPS) is 15.0. The van der Waals surface area contributed by atoms with Gasteiger partial charge in [0, 0.05) is 32.2 Å². The molecule has 2 amide bonds. The van der Waals surface area contributed by atoms with Gasteiger partial charge in [-0.15, -0.1) is 12.4 Å². The predicted molar refractivity (Wildman–Crippen MR) is 97.5 cm³/mol. The van der Waals surface area contributed by atoms with Crippen LogP contribution in [0.2, 0.25) is 0 Å². The van der Waals surface area contributed by atoms with Crippen molar-refractivity contribution in [2.75, 3.05) is 26.4 Å². The molecule has 1 saturated carbocycles. The Bertz CT molecular complexity index is 715. The van der Waals surface area contributed by atoms with Crippen LogP contribution in [0.15, 0.2) is 29.2 Å². The van der Waals surface area contributed by atoms with E-state index in [9.17, 15) is 18.0 Å². The van der Waals surface area contributed by atoms with Crippen molar-refractivity contribution < 1.29 is 18.0 Å². The zero-order chi connectivity index (χ0) is 17.9. The maximum Gasteiger partial charge on any atom is 0.251 e. The van der Waals surface area contributed by atoms with Crippen molar-refractivity contribution in [3.63, 3.8) is 0 Å². The van der Waals surface area contributed by atoms with E-state index in [-0.39, 0.29) is 29.3 Å². The monoisotopic (exact) mass is 389 g/mol. The highest BCUT2D eigenvalue weighted by Crippen LogP contribution is 2.31. The van der Waals surface area contributed by atoms with E-state index in [2.05, 4.69) is 5.32 Å². The molecule has 0 aromatic heterocycles. The van der Waals surface area contributed by atoms with Crippen LogP contribution in [0.1, 0.15) is 23.2 Å². The summed E-state index contributed by atoms with van der Waals surface area (Å²) in [4.78, 5) is 24.9. The van der Waals surface area contributed by atoms with Crippen molar-refractivity contribution in [2.24, 2.45) is 11.7 Å². The molecule has 0 saturated heterocycles. The highest BCUT2D eigenvalue weighted by atomic mass is 35.5. The topological polar surface area (TPSA) is 110 Å². The quantitative estimate of drug-likeness (QED) is 0.703. The van der Waals surface area contributed by atoms with Crippen molar-refractivity contribution in [1.29, 1.82) is 0 Å². The SMILES string of the molecule is CN(C)C(=O)CS(=O)(=O)c1ccc(C(=O)NCC(N)C2CC2)cc1.Cl. The highest BCUT2D eigenvalue weighted by molar-refractivity contribution is 7.92. The van der Waals surface area contributed by atoms with E-state index in [0.29, 0.717) is 18.0 Å². The lowest BCUT2D eigenvalue weighted by Crippen LogP contribution is -2.38. The molecule has 1 aliphatic carbocycles. The van der Waals surface area contributed by atoms with E-state index in [1.54, 1.807) is 0 Å².